The first-order valence-electron chi connectivity index (χ1n) is 9.56. The maximum atomic E-state index is 12.8. The standard InChI is InChI=1S/C20H29N3O/c1-16-6-4-8-18(14-16)22-12-5-7-17(15-22)21-19(24)23-13-3-2-9-20(23)10-11-20/h4,6,8,14,17H,2-3,5,7,9-13,15H2,1H3,(H,21,24). The Morgan fingerprint density at radius 1 is 1.17 bits per heavy atom. The van der Waals surface area contributed by atoms with E-state index in [9.17, 15) is 4.79 Å². The second-order valence-electron chi connectivity index (χ2n) is 7.91. The second kappa shape index (κ2) is 6.30. The van der Waals surface area contributed by atoms with Gasteiger partial charge in [-0.15, -0.1) is 0 Å². The molecular weight excluding hydrogens is 298 g/mol. The van der Waals surface area contributed by atoms with Crippen LogP contribution in [0.1, 0.15) is 50.5 Å². The van der Waals surface area contributed by atoms with Crippen molar-refractivity contribution in [2.75, 3.05) is 24.5 Å². The van der Waals surface area contributed by atoms with Crippen molar-refractivity contribution in [2.45, 2.75) is 63.5 Å². The highest BCUT2D eigenvalue weighted by Crippen LogP contribution is 2.48. The van der Waals surface area contributed by atoms with Crippen LogP contribution >= 0.6 is 0 Å². The van der Waals surface area contributed by atoms with Crippen LogP contribution < -0.4 is 10.2 Å². The molecule has 1 aliphatic carbocycles. The van der Waals surface area contributed by atoms with Crippen LogP contribution in [0.3, 0.4) is 0 Å². The van der Waals surface area contributed by atoms with Gasteiger partial charge in [0.2, 0.25) is 0 Å². The average molecular weight is 327 g/mol. The number of anilines is 1. The van der Waals surface area contributed by atoms with Crippen LogP contribution in [0.4, 0.5) is 10.5 Å². The molecule has 2 aliphatic heterocycles. The molecule has 1 unspecified atom stereocenters. The monoisotopic (exact) mass is 327 g/mol. The molecule has 1 N–H and O–H groups in total. The lowest BCUT2D eigenvalue weighted by Gasteiger charge is -2.39. The zero-order valence-electron chi connectivity index (χ0n) is 14.8. The van der Waals surface area contributed by atoms with Gasteiger partial charge in [-0.25, -0.2) is 4.79 Å². The number of carbonyl (C=O) groups is 1. The third-order valence-electron chi connectivity index (χ3n) is 6.03. The minimum atomic E-state index is 0.184. The van der Waals surface area contributed by atoms with Gasteiger partial charge in [0.05, 0.1) is 0 Å². The Labute approximate surface area is 145 Å². The lowest BCUT2D eigenvalue weighted by molar-refractivity contribution is 0.136. The third kappa shape index (κ3) is 3.11. The van der Waals surface area contributed by atoms with Crippen molar-refractivity contribution in [3.63, 3.8) is 0 Å². The quantitative estimate of drug-likeness (QED) is 0.899. The summed E-state index contributed by atoms with van der Waals surface area (Å²) in [6.07, 6.45) is 8.31. The minimum Gasteiger partial charge on any atom is -0.369 e. The largest absolute Gasteiger partial charge is 0.369 e. The summed E-state index contributed by atoms with van der Waals surface area (Å²) in [5.41, 5.74) is 2.81. The number of hydrogen-bond donors (Lipinski definition) is 1. The lowest BCUT2D eigenvalue weighted by atomic mass is 10.00. The molecule has 2 saturated heterocycles. The fourth-order valence-electron chi connectivity index (χ4n) is 4.48. The van der Waals surface area contributed by atoms with Crippen LogP contribution in [0.15, 0.2) is 24.3 Å². The molecule has 1 atom stereocenters. The van der Waals surface area contributed by atoms with Crippen LogP contribution in [0.5, 0.6) is 0 Å². The summed E-state index contributed by atoms with van der Waals surface area (Å²) < 4.78 is 0. The number of nitrogens with zero attached hydrogens (tertiary/aromatic N) is 2. The van der Waals surface area contributed by atoms with Crippen molar-refractivity contribution >= 4 is 11.7 Å². The molecule has 3 fully saturated rings. The van der Waals surface area contributed by atoms with E-state index < -0.39 is 0 Å². The van der Waals surface area contributed by atoms with Crippen LogP contribution in [0.25, 0.3) is 0 Å². The van der Waals surface area contributed by atoms with Gasteiger partial charge in [-0.05, 0) is 69.6 Å². The Bertz CT molecular complexity index is 611. The van der Waals surface area contributed by atoms with Gasteiger partial charge in [-0.3, -0.25) is 0 Å². The number of hydrogen-bond acceptors (Lipinski definition) is 2. The Morgan fingerprint density at radius 2 is 2.04 bits per heavy atom. The van der Waals surface area contributed by atoms with E-state index in [1.807, 2.05) is 0 Å². The first-order chi connectivity index (χ1) is 11.7. The number of piperidine rings is 2. The first-order valence-corrected chi connectivity index (χ1v) is 9.56. The average Bonchev–Trinajstić information content (AvgIpc) is 3.35. The molecule has 0 radical (unpaired) electrons. The summed E-state index contributed by atoms with van der Waals surface area (Å²) in [7, 11) is 0. The van der Waals surface area contributed by atoms with Gasteiger partial charge in [-0.2, -0.15) is 0 Å². The van der Waals surface area contributed by atoms with Crippen molar-refractivity contribution in [3.05, 3.63) is 29.8 Å². The van der Waals surface area contributed by atoms with Gasteiger partial charge in [0.1, 0.15) is 0 Å². The number of carbonyl (C=O) groups excluding carboxylic acids is 1. The number of rotatable bonds is 2. The molecule has 2 heterocycles. The van der Waals surface area contributed by atoms with Crippen molar-refractivity contribution in [1.82, 2.24) is 10.2 Å². The number of urea groups is 1. The zero-order valence-corrected chi connectivity index (χ0v) is 14.8. The van der Waals surface area contributed by atoms with E-state index in [4.69, 9.17) is 0 Å². The molecule has 4 rings (SSSR count). The highest BCUT2D eigenvalue weighted by atomic mass is 16.2. The van der Waals surface area contributed by atoms with Crippen LogP contribution in [-0.4, -0.2) is 42.1 Å². The molecule has 1 aromatic rings. The van der Waals surface area contributed by atoms with Gasteiger partial charge < -0.3 is 15.1 Å². The highest BCUT2D eigenvalue weighted by molar-refractivity contribution is 5.76. The lowest BCUT2D eigenvalue weighted by Crippen LogP contribution is -2.55. The molecule has 2 amide bonds. The Balaban J connectivity index is 1.38. The number of aryl methyl sites for hydroxylation is 1. The van der Waals surface area contributed by atoms with Crippen molar-refractivity contribution in [2.24, 2.45) is 0 Å². The first kappa shape index (κ1) is 15.8. The number of nitrogens with one attached hydrogen (secondary N) is 1. The molecule has 0 bridgehead atoms. The molecule has 130 valence electrons. The normalized spacial score (nSPS) is 25.6. The molecular formula is C20H29N3O. The summed E-state index contributed by atoms with van der Waals surface area (Å²) in [6.45, 7) is 5.10. The summed E-state index contributed by atoms with van der Waals surface area (Å²) in [4.78, 5) is 17.4. The van der Waals surface area contributed by atoms with Gasteiger partial charge in [0.25, 0.3) is 0 Å². The van der Waals surface area contributed by atoms with Crippen molar-refractivity contribution in [1.29, 1.82) is 0 Å². The topological polar surface area (TPSA) is 35.6 Å². The van der Waals surface area contributed by atoms with Crippen LogP contribution in [-0.2, 0) is 0 Å². The summed E-state index contributed by atoms with van der Waals surface area (Å²) in [5, 5.41) is 3.34. The maximum Gasteiger partial charge on any atom is 0.318 e. The zero-order chi connectivity index (χ0) is 16.6. The molecule has 4 nitrogen and oxygen atoms in total. The van der Waals surface area contributed by atoms with Crippen molar-refractivity contribution in [3.8, 4) is 0 Å². The van der Waals surface area contributed by atoms with E-state index in [0.717, 1.165) is 38.9 Å². The number of amides is 2. The number of likely N-dealkylation sites (tertiary alicyclic amines) is 1. The van der Waals surface area contributed by atoms with Gasteiger partial charge >= 0.3 is 6.03 Å². The molecule has 1 aromatic carbocycles. The third-order valence-corrected chi connectivity index (χ3v) is 6.03. The van der Waals surface area contributed by atoms with Gasteiger partial charge in [-0.1, -0.05) is 12.1 Å². The van der Waals surface area contributed by atoms with E-state index in [-0.39, 0.29) is 17.6 Å². The Morgan fingerprint density at radius 3 is 2.83 bits per heavy atom. The van der Waals surface area contributed by atoms with Gasteiger partial charge in [0, 0.05) is 36.9 Å². The molecule has 4 heteroatoms. The summed E-state index contributed by atoms with van der Waals surface area (Å²) >= 11 is 0. The van der Waals surface area contributed by atoms with Crippen molar-refractivity contribution < 1.29 is 4.79 Å². The predicted octanol–water partition coefficient (Wildman–Crippen LogP) is 3.69. The van der Waals surface area contributed by atoms with Gasteiger partial charge in [0.15, 0.2) is 0 Å². The second-order valence-corrected chi connectivity index (χ2v) is 7.91. The molecule has 0 aromatic heterocycles. The SMILES string of the molecule is Cc1cccc(N2CCCC(NC(=O)N3CCCCC34CC4)C2)c1. The van der Waals surface area contributed by atoms with E-state index in [1.54, 1.807) is 0 Å². The van der Waals surface area contributed by atoms with E-state index in [0.29, 0.717) is 0 Å². The Hall–Kier alpha value is -1.71. The highest BCUT2D eigenvalue weighted by Gasteiger charge is 2.51. The fourth-order valence-corrected chi connectivity index (χ4v) is 4.48. The Kier molecular flexibility index (Phi) is 4.15. The van der Waals surface area contributed by atoms with E-state index in [2.05, 4.69) is 46.3 Å². The molecule has 3 aliphatic rings. The summed E-state index contributed by atoms with van der Waals surface area (Å²) in [5.74, 6) is 0. The molecule has 1 saturated carbocycles. The van der Waals surface area contributed by atoms with E-state index >= 15 is 0 Å². The molecule has 24 heavy (non-hydrogen) atoms. The summed E-state index contributed by atoms with van der Waals surface area (Å²) in [6, 6.07) is 9.14. The van der Waals surface area contributed by atoms with E-state index in [1.165, 1.54) is 36.9 Å². The van der Waals surface area contributed by atoms with Crippen LogP contribution in [0, 0.1) is 6.92 Å². The maximum absolute atomic E-state index is 12.8. The predicted molar refractivity (Wildman–Crippen MR) is 97.5 cm³/mol. The van der Waals surface area contributed by atoms with Crippen LogP contribution in [0.2, 0.25) is 0 Å². The molecule has 1 spiro atoms. The smallest absolute Gasteiger partial charge is 0.318 e. The fraction of sp³-hybridized carbons (Fsp3) is 0.650. The number of benzene rings is 1. The minimum absolute atomic E-state index is 0.184.